The zero-order chi connectivity index (χ0) is 19.8. The summed E-state index contributed by atoms with van der Waals surface area (Å²) in [5, 5.41) is 13.3. The van der Waals surface area contributed by atoms with Gasteiger partial charge in [0.1, 0.15) is 0 Å². The summed E-state index contributed by atoms with van der Waals surface area (Å²) in [4.78, 5) is 31.5. The Morgan fingerprint density at radius 3 is 2.52 bits per heavy atom. The molecule has 29 heavy (non-hydrogen) atoms. The molecule has 8 nitrogen and oxygen atoms in total. The molecule has 1 saturated carbocycles. The number of hydrogen-bond donors (Lipinski definition) is 4. The van der Waals surface area contributed by atoms with E-state index >= 15 is 0 Å². The van der Waals surface area contributed by atoms with Crippen molar-refractivity contribution in [3.8, 4) is 0 Å². The van der Waals surface area contributed by atoms with Crippen molar-refractivity contribution >= 4 is 36.7 Å². The average molecular weight is 453 g/mol. The van der Waals surface area contributed by atoms with E-state index in [2.05, 4.69) is 15.3 Å². The highest BCUT2D eigenvalue weighted by atomic mass is 35.5. The second-order valence-corrected chi connectivity index (χ2v) is 7.67. The summed E-state index contributed by atoms with van der Waals surface area (Å²) < 4.78 is 5.12. The van der Waals surface area contributed by atoms with Crippen LogP contribution < -0.4 is 11.1 Å². The summed E-state index contributed by atoms with van der Waals surface area (Å²) in [6.45, 7) is 3.44. The number of aromatic amines is 1. The highest BCUT2D eigenvalue weighted by Gasteiger charge is 2.33. The number of amides is 1. The number of aromatic nitrogens is 2. The maximum atomic E-state index is 12.5. The number of esters is 1. The Hall–Kier alpha value is -1.35. The molecule has 1 heterocycles. The lowest BCUT2D eigenvalue weighted by molar-refractivity contribution is -0.159. The van der Waals surface area contributed by atoms with Crippen LogP contribution >= 0.6 is 24.8 Å². The molecule has 5 N–H and O–H groups in total. The minimum atomic E-state index is -1.40. The fraction of sp³-hybridized carbons (Fsp3) is 0.737. The molecule has 1 amide bonds. The van der Waals surface area contributed by atoms with Crippen molar-refractivity contribution in [3.05, 3.63) is 18.2 Å². The molecular formula is C19H34Cl2N4O4. The van der Waals surface area contributed by atoms with Crippen LogP contribution in [0.4, 0.5) is 0 Å². The third-order valence-electron chi connectivity index (χ3n) is 4.95. The number of hydrogen-bond acceptors (Lipinski definition) is 6. The van der Waals surface area contributed by atoms with Crippen molar-refractivity contribution in [2.75, 3.05) is 0 Å². The summed E-state index contributed by atoms with van der Waals surface area (Å²) in [5.41, 5.74) is 6.74. The number of carbonyl (C=O) groups is 2. The number of nitrogens with two attached hydrogens (primary N) is 1. The van der Waals surface area contributed by atoms with Gasteiger partial charge in [0.2, 0.25) is 5.91 Å². The van der Waals surface area contributed by atoms with E-state index in [1.54, 1.807) is 20.0 Å². The zero-order valence-electron chi connectivity index (χ0n) is 17.0. The lowest BCUT2D eigenvalue weighted by Crippen LogP contribution is -2.53. The van der Waals surface area contributed by atoms with E-state index in [0.717, 1.165) is 31.4 Å². The van der Waals surface area contributed by atoms with Gasteiger partial charge in [-0.05, 0) is 26.2 Å². The molecule has 0 bridgehead atoms. The summed E-state index contributed by atoms with van der Waals surface area (Å²) in [6.07, 6.45) is 7.80. The zero-order valence-corrected chi connectivity index (χ0v) is 18.6. The van der Waals surface area contributed by atoms with Crippen LogP contribution in [0, 0.1) is 5.92 Å². The molecule has 1 fully saturated rings. The first-order valence-corrected chi connectivity index (χ1v) is 9.78. The van der Waals surface area contributed by atoms with E-state index in [9.17, 15) is 14.7 Å². The minimum Gasteiger partial charge on any atom is -0.461 e. The van der Waals surface area contributed by atoms with E-state index < -0.39 is 30.1 Å². The van der Waals surface area contributed by atoms with Gasteiger partial charge in [-0.3, -0.25) is 4.79 Å². The standard InChI is InChI=1S/C19H32N4O4.2ClH/c1-12(2)27-19(26)17(24)16(8-13-6-4-3-5-7-13)23-18(25)15(20)9-14-10-21-11-22-14;;/h10-13,15-17,24H,3-9,20H2,1-2H3,(H,21,22)(H,23,25);2*1H/t15-,16-,17?;;/m0../s1. The van der Waals surface area contributed by atoms with Crippen molar-refractivity contribution in [1.82, 2.24) is 15.3 Å². The van der Waals surface area contributed by atoms with E-state index in [-0.39, 0.29) is 30.9 Å². The van der Waals surface area contributed by atoms with Gasteiger partial charge in [-0.25, -0.2) is 9.78 Å². The molecule has 1 aliphatic rings. The summed E-state index contributed by atoms with van der Waals surface area (Å²) in [7, 11) is 0. The largest absolute Gasteiger partial charge is 0.461 e. The Balaban J connectivity index is 0.00000392. The second-order valence-electron chi connectivity index (χ2n) is 7.67. The molecule has 0 spiro atoms. The Bertz CT molecular complexity index is 595. The quantitative estimate of drug-likeness (QED) is 0.423. The van der Waals surface area contributed by atoms with Crippen LogP contribution in [0.25, 0.3) is 0 Å². The van der Waals surface area contributed by atoms with Gasteiger partial charge in [0.15, 0.2) is 6.10 Å². The van der Waals surface area contributed by atoms with Gasteiger partial charge < -0.3 is 25.9 Å². The average Bonchev–Trinajstić information content (AvgIpc) is 3.13. The molecule has 1 aromatic rings. The number of aliphatic hydroxyl groups excluding tert-OH is 1. The number of nitrogens with one attached hydrogen (secondary N) is 2. The third-order valence-corrected chi connectivity index (χ3v) is 4.95. The molecule has 0 aromatic carbocycles. The van der Waals surface area contributed by atoms with Crippen molar-refractivity contribution in [3.63, 3.8) is 0 Å². The highest BCUT2D eigenvalue weighted by Crippen LogP contribution is 2.28. The molecule has 0 radical (unpaired) electrons. The van der Waals surface area contributed by atoms with Crippen LogP contribution in [0.3, 0.4) is 0 Å². The number of rotatable bonds is 9. The highest BCUT2D eigenvalue weighted by molar-refractivity contribution is 5.85. The van der Waals surface area contributed by atoms with Gasteiger partial charge >= 0.3 is 5.97 Å². The summed E-state index contributed by atoms with van der Waals surface area (Å²) >= 11 is 0. The lowest BCUT2D eigenvalue weighted by atomic mass is 9.83. The number of H-pyrrole nitrogens is 1. The third kappa shape index (κ3) is 9.33. The first kappa shape index (κ1) is 27.6. The van der Waals surface area contributed by atoms with Gasteiger partial charge in [0, 0.05) is 18.3 Å². The van der Waals surface area contributed by atoms with Crippen LogP contribution in [0.1, 0.15) is 58.1 Å². The maximum Gasteiger partial charge on any atom is 0.337 e. The van der Waals surface area contributed by atoms with E-state index in [0.29, 0.717) is 18.8 Å². The van der Waals surface area contributed by atoms with Crippen LogP contribution in [-0.2, 0) is 20.7 Å². The lowest BCUT2D eigenvalue weighted by Gasteiger charge is -2.30. The molecule has 0 saturated heterocycles. The molecule has 168 valence electrons. The number of nitrogens with zero attached hydrogens (tertiary/aromatic N) is 1. The smallest absolute Gasteiger partial charge is 0.337 e. The summed E-state index contributed by atoms with van der Waals surface area (Å²) in [5.74, 6) is -0.746. The fourth-order valence-electron chi connectivity index (χ4n) is 3.53. The molecule has 1 aromatic heterocycles. The monoisotopic (exact) mass is 452 g/mol. The van der Waals surface area contributed by atoms with Crippen LogP contribution in [0.15, 0.2) is 12.5 Å². The van der Waals surface area contributed by atoms with E-state index in [1.807, 2.05) is 0 Å². The van der Waals surface area contributed by atoms with Crippen LogP contribution in [0.5, 0.6) is 0 Å². The maximum absolute atomic E-state index is 12.5. The van der Waals surface area contributed by atoms with Crippen molar-refractivity contribution in [2.45, 2.75) is 83.1 Å². The number of ether oxygens (including phenoxy) is 1. The van der Waals surface area contributed by atoms with Gasteiger partial charge in [-0.15, -0.1) is 24.8 Å². The second kappa shape index (κ2) is 13.8. The first-order chi connectivity index (χ1) is 12.9. The normalized spacial score (nSPS) is 17.4. The Kier molecular flexibility index (Phi) is 13.2. The number of aliphatic hydroxyl groups is 1. The van der Waals surface area contributed by atoms with Crippen molar-refractivity contribution in [2.24, 2.45) is 11.7 Å². The van der Waals surface area contributed by atoms with E-state index in [4.69, 9.17) is 10.5 Å². The van der Waals surface area contributed by atoms with Crippen molar-refractivity contribution in [1.29, 1.82) is 0 Å². The molecule has 3 atom stereocenters. The molecule has 2 rings (SSSR count). The topological polar surface area (TPSA) is 130 Å². The predicted octanol–water partition coefficient (Wildman–Crippen LogP) is 1.89. The van der Waals surface area contributed by atoms with Gasteiger partial charge in [-0.2, -0.15) is 0 Å². The van der Waals surface area contributed by atoms with Gasteiger partial charge in [0.25, 0.3) is 0 Å². The van der Waals surface area contributed by atoms with Crippen molar-refractivity contribution < 1.29 is 19.4 Å². The Morgan fingerprint density at radius 1 is 1.31 bits per heavy atom. The van der Waals surface area contributed by atoms with Gasteiger partial charge in [-0.1, -0.05) is 32.1 Å². The molecule has 1 unspecified atom stereocenters. The van der Waals surface area contributed by atoms with Crippen LogP contribution in [-0.4, -0.2) is 51.2 Å². The summed E-state index contributed by atoms with van der Waals surface area (Å²) in [6, 6.07) is -1.51. The fourth-order valence-corrected chi connectivity index (χ4v) is 3.53. The number of imidazole rings is 1. The molecular weight excluding hydrogens is 419 g/mol. The number of halogens is 2. The molecule has 0 aliphatic heterocycles. The van der Waals surface area contributed by atoms with Gasteiger partial charge in [0.05, 0.1) is 24.5 Å². The SMILES string of the molecule is CC(C)OC(=O)C(O)[C@H](CC1CCCCC1)NC(=O)[C@@H](N)Cc1cnc[nH]1.Cl.Cl. The minimum absolute atomic E-state index is 0. The molecule has 10 heteroatoms. The Morgan fingerprint density at radius 2 is 1.97 bits per heavy atom. The molecule has 1 aliphatic carbocycles. The van der Waals surface area contributed by atoms with E-state index in [1.165, 1.54) is 12.7 Å². The predicted molar refractivity (Wildman–Crippen MR) is 115 cm³/mol. The first-order valence-electron chi connectivity index (χ1n) is 9.78. The van der Waals surface area contributed by atoms with Crippen LogP contribution in [0.2, 0.25) is 0 Å². The Labute approximate surface area is 184 Å². The number of carbonyl (C=O) groups excluding carboxylic acids is 2.